The standard InChI is InChI=1S/C28H24F6N4O3/c1-26(2,3)25(40)35-14-16-10-11-21(27(29,30)31)19(12-16)24(39)37-22-8-5-9-23-20(22)15-36-38(23)17-6-4-7-18(13-17)41-28(32,33)34/h4-13,15H,14H2,1-3H3,(H,35,40)(H,37,39). The van der Waals surface area contributed by atoms with Crippen molar-refractivity contribution in [1.29, 1.82) is 0 Å². The highest BCUT2D eigenvalue weighted by Gasteiger charge is 2.35. The highest BCUT2D eigenvalue weighted by molar-refractivity contribution is 6.09. The molecule has 7 nitrogen and oxygen atoms in total. The van der Waals surface area contributed by atoms with Crippen LogP contribution in [-0.2, 0) is 17.5 Å². The fourth-order valence-corrected chi connectivity index (χ4v) is 3.95. The lowest BCUT2D eigenvalue weighted by molar-refractivity contribution is -0.274. The van der Waals surface area contributed by atoms with Gasteiger partial charge < -0.3 is 15.4 Å². The number of fused-ring (bicyclic) bond motifs is 1. The normalized spacial score (nSPS) is 12.3. The second-order valence-electron chi connectivity index (χ2n) is 10.1. The number of benzene rings is 3. The Hall–Kier alpha value is -4.55. The first kappa shape index (κ1) is 29.4. The SMILES string of the molecule is CC(C)(C)C(=O)NCc1ccc(C(F)(F)F)c(C(=O)Nc2cccc3c2cnn3-c2cccc(OC(F)(F)F)c2)c1. The zero-order valence-electron chi connectivity index (χ0n) is 21.9. The molecule has 1 heterocycles. The van der Waals surface area contributed by atoms with E-state index in [1.54, 1.807) is 26.8 Å². The van der Waals surface area contributed by atoms with Gasteiger partial charge in [-0.2, -0.15) is 18.3 Å². The number of halogens is 6. The maximum Gasteiger partial charge on any atom is 0.573 e. The molecule has 2 N–H and O–H groups in total. The Kier molecular flexibility index (Phi) is 7.74. The van der Waals surface area contributed by atoms with Gasteiger partial charge in [-0.25, -0.2) is 4.68 Å². The second kappa shape index (κ2) is 10.8. The van der Waals surface area contributed by atoms with Crippen LogP contribution in [0, 0.1) is 5.41 Å². The Morgan fingerprint density at radius 2 is 1.63 bits per heavy atom. The average Bonchev–Trinajstić information content (AvgIpc) is 3.30. The Morgan fingerprint density at radius 3 is 2.29 bits per heavy atom. The molecule has 4 rings (SSSR count). The van der Waals surface area contributed by atoms with Crippen LogP contribution in [0.15, 0.2) is 66.9 Å². The van der Waals surface area contributed by atoms with E-state index in [1.807, 2.05) is 0 Å². The molecular formula is C28H24F6N4O3. The summed E-state index contributed by atoms with van der Waals surface area (Å²) in [7, 11) is 0. The molecule has 13 heteroatoms. The number of anilines is 1. The van der Waals surface area contributed by atoms with Gasteiger partial charge in [-0.1, -0.05) is 39.0 Å². The molecule has 0 saturated carbocycles. The molecule has 4 aromatic rings. The van der Waals surface area contributed by atoms with E-state index >= 15 is 0 Å². The van der Waals surface area contributed by atoms with Crippen LogP contribution >= 0.6 is 0 Å². The maximum absolute atomic E-state index is 13.8. The number of carbonyl (C=O) groups is 2. The van der Waals surface area contributed by atoms with Gasteiger partial charge >= 0.3 is 12.5 Å². The monoisotopic (exact) mass is 578 g/mol. The van der Waals surface area contributed by atoms with Crippen LogP contribution in [0.4, 0.5) is 32.0 Å². The number of hydrogen-bond acceptors (Lipinski definition) is 4. The maximum atomic E-state index is 13.8. The summed E-state index contributed by atoms with van der Waals surface area (Å²) in [5.74, 6) is -1.84. The van der Waals surface area contributed by atoms with Crippen LogP contribution in [0.3, 0.4) is 0 Å². The van der Waals surface area contributed by atoms with Gasteiger partial charge in [0.15, 0.2) is 0 Å². The molecule has 0 aliphatic carbocycles. The molecule has 1 aromatic heterocycles. The Labute approximate surface area is 230 Å². The molecule has 0 radical (unpaired) electrons. The van der Waals surface area contributed by atoms with E-state index in [0.29, 0.717) is 10.9 Å². The molecule has 0 saturated heterocycles. The lowest BCUT2D eigenvalue weighted by Crippen LogP contribution is -2.34. The van der Waals surface area contributed by atoms with Crippen molar-refractivity contribution < 1.29 is 40.7 Å². The first-order chi connectivity index (χ1) is 19.0. The topological polar surface area (TPSA) is 85.3 Å². The highest BCUT2D eigenvalue weighted by Crippen LogP contribution is 2.34. The summed E-state index contributed by atoms with van der Waals surface area (Å²) in [6.07, 6.45) is -8.40. The quantitative estimate of drug-likeness (QED) is 0.245. The number of ether oxygens (including phenoxy) is 1. The zero-order chi connectivity index (χ0) is 30.2. The van der Waals surface area contributed by atoms with E-state index in [4.69, 9.17) is 0 Å². The van der Waals surface area contributed by atoms with E-state index in [0.717, 1.165) is 24.3 Å². The molecule has 0 atom stereocenters. The van der Waals surface area contributed by atoms with E-state index in [2.05, 4.69) is 20.5 Å². The molecule has 0 fully saturated rings. The predicted molar refractivity (Wildman–Crippen MR) is 138 cm³/mol. The Balaban J connectivity index is 1.65. The molecule has 0 aliphatic rings. The summed E-state index contributed by atoms with van der Waals surface area (Å²) < 4.78 is 84.6. The van der Waals surface area contributed by atoms with Crippen molar-refractivity contribution in [3.8, 4) is 11.4 Å². The average molecular weight is 579 g/mol. The molecule has 0 aliphatic heterocycles. The Bertz CT molecular complexity index is 1600. The van der Waals surface area contributed by atoms with Gasteiger partial charge in [0.1, 0.15) is 5.75 Å². The van der Waals surface area contributed by atoms with Crippen LogP contribution in [0.1, 0.15) is 42.3 Å². The zero-order valence-corrected chi connectivity index (χ0v) is 21.9. The summed E-state index contributed by atoms with van der Waals surface area (Å²) in [6.45, 7) is 4.96. The van der Waals surface area contributed by atoms with Gasteiger partial charge in [-0.15, -0.1) is 13.2 Å². The summed E-state index contributed by atoms with van der Waals surface area (Å²) >= 11 is 0. The number of amides is 2. The highest BCUT2D eigenvalue weighted by atomic mass is 19.4. The first-order valence-corrected chi connectivity index (χ1v) is 12.2. The third-order valence-electron chi connectivity index (χ3n) is 5.93. The minimum Gasteiger partial charge on any atom is -0.406 e. The van der Waals surface area contributed by atoms with Crippen molar-refractivity contribution in [2.24, 2.45) is 5.41 Å². The third kappa shape index (κ3) is 6.97. The smallest absolute Gasteiger partial charge is 0.406 e. The van der Waals surface area contributed by atoms with Gasteiger partial charge in [0.05, 0.1) is 34.2 Å². The van der Waals surface area contributed by atoms with Crippen LogP contribution in [0.5, 0.6) is 5.75 Å². The molecule has 0 unspecified atom stereocenters. The molecule has 216 valence electrons. The number of carbonyl (C=O) groups excluding carboxylic acids is 2. The fraction of sp³-hybridized carbons (Fsp3) is 0.250. The van der Waals surface area contributed by atoms with E-state index in [-0.39, 0.29) is 29.4 Å². The van der Waals surface area contributed by atoms with Gasteiger partial charge in [0.25, 0.3) is 5.91 Å². The second-order valence-corrected chi connectivity index (χ2v) is 10.1. The first-order valence-electron chi connectivity index (χ1n) is 12.2. The summed E-state index contributed by atoms with van der Waals surface area (Å²) in [5, 5.41) is 9.63. The number of aromatic nitrogens is 2. The van der Waals surface area contributed by atoms with Crippen molar-refractivity contribution in [1.82, 2.24) is 15.1 Å². The van der Waals surface area contributed by atoms with E-state index < -0.39 is 40.7 Å². The van der Waals surface area contributed by atoms with Crippen LogP contribution in [0.2, 0.25) is 0 Å². The number of alkyl halides is 6. The van der Waals surface area contributed by atoms with Crippen molar-refractivity contribution >= 4 is 28.4 Å². The van der Waals surface area contributed by atoms with Crippen molar-refractivity contribution in [3.63, 3.8) is 0 Å². The van der Waals surface area contributed by atoms with E-state index in [9.17, 15) is 35.9 Å². The van der Waals surface area contributed by atoms with Crippen LogP contribution < -0.4 is 15.4 Å². The molecular weight excluding hydrogens is 554 g/mol. The van der Waals surface area contributed by atoms with Crippen molar-refractivity contribution in [2.45, 2.75) is 39.9 Å². The largest absolute Gasteiger partial charge is 0.573 e. The van der Waals surface area contributed by atoms with Gasteiger partial charge in [-0.3, -0.25) is 9.59 Å². The molecule has 3 aromatic carbocycles. The number of rotatable bonds is 6. The summed E-state index contributed by atoms with van der Waals surface area (Å²) in [4.78, 5) is 25.4. The molecule has 0 bridgehead atoms. The third-order valence-corrected chi connectivity index (χ3v) is 5.93. The summed E-state index contributed by atoms with van der Waals surface area (Å²) in [5.41, 5.74) is -1.54. The van der Waals surface area contributed by atoms with Gasteiger partial charge in [-0.05, 0) is 42.0 Å². The van der Waals surface area contributed by atoms with E-state index in [1.165, 1.54) is 41.2 Å². The lowest BCUT2D eigenvalue weighted by Gasteiger charge is -2.19. The molecule has 0 spiro atoms. The Morgan fingerprint density at radius 1 is 0.927 bits per heavy atom. The van der Waals surface area contributed by atoms with Gasteiger partial charge in [0.2, 0.25) is 5.91 Å². The fourth-order valence-electron chi connectivity index (χ4n) is 3.95. The van der Waals surface area contributed by atoms with Crippen LogP contribution in [-0.4, -0.2) is 28.0 Å². The predicted octanol–water partition coefficient (Wildman–Crippen LogP) is 6.86. The van der Waals surface area contributed by atoms with Crippen molar-refractivity contribution in [2.75, 3.05) is 5.32 Å². The number of nitrogens with zero attached hydrogens (tertiary/aromatic N) is 2. The summed E-state index contributed by atoms with van der Waals surface area (Å²) in [6, 6.07) is 12.6. The molecule has 41 heavy (non-hydrogen) atoms. The minimum absolute atomic E-state index is 0.0893. The number of nitrogens with one attached hydrogen (secondary N) is 2. The van der Waals surface area contributed by atoms with Crippen LogP contribution in [0.25, 0.3) is 16.6 Å². The minimum atomic E-state index is -4.90. The number of hydrogen-bond donors (Lipinski definition) is 2. The van der Waals surface area contributed by atoms with Gasteiger partial charge in [0, 0.05) is 23.4 Å². The molecule has 2 amide bonds. The van der Waals surface area contributed by atoms with Crippen molar-refractivity contribution in [3.05, 3.63) is 83.6 Å². The lowest BCUT2D eigenvalue weighted by atomic mass is 9.95.